The lowest BCUT2D eigenvalue weighted by atomic mass is 9.91. The number of aliphatic hydroxyl groups excluding tert-OH is 2. The number of esters is 1. The number of fused-ring (bicyclic) bond motifs is 1. The number of hydrogen-bond acceptors (Lipinski definition) is 22. The molecule has 0 radical (unpaired) electrons. The molecule has 2 aromatic carbocycles. The first-order chi connectivity index (χ1) is 38.6. The Morgan fingerprint density at radius 3 is 1.98 bits per heavy atom. The van der Waals surface area contributed by atoms with E-state index in [1.807, 2.05) is 23.1 Å². The molecule has 0 spiro atoms. The van der Waals surface area contributed by atoms with Crippen LogP contribution in [0.5, 0.6) is 11.5 Å². The number of aromatic nitrogens is 7. The lowest BCUT2D eigenvalue weighted by molar-refractivity contribution is -0.136. The first-order valence-corrected chi connectivity index (χ1v) is 27.8. The zero-order valence-corrected chi connectivity index (χ0v) is 45.5. The largest absolute Gasteiger partial charge is 0.490 e. The molecular formula is C48H62Cl2F3N8O18P. The summed E-state index contributed by atoms with van der Waals surface area (Å²) in [6, 6.07) is 6.46. The lowest BCUT2D eigenvalue weighted by Gasteiger charge is -2.40. The Kier molecular flexibility index (Phi) is 25.3. The standard InChI is InChI=1S/C48H62Cl2F3N8O18P/c49-36-21-31(32-25-59(26-32)45-35-24-54-61(46(35)56-48(50)55-45)47-43(64)42(63)40(78-47)29-76-30-80(65,66)67)1-2-39(36)77-20-19-74-16-15-72-13-14-73-17-18-75-28-34-27-60(58-57-34)4-6-69-8-10-71-12-11-70-9-7-68-5-3-41(62)79-44-37(52)22-33(51)23-38(44)53/h1-2,21-24,27,32,40,42-43,47,63-64H,3-20,25-26,28-30H2,(H2,65,66,67)/t40-,42-,43-,47-/m1/s1. The fourth-order valence-corrected chi connectivity index (χ4v) is 8.59. The van der Waals surface area contributed by atoms with E-state index in [1.54, 1.807) is 10.9 Å². The molecule has 2 fully saturated rings. The van der Waals surface area contributed by atoms with Crippen molar-refractivity contribution in [2.24, 2.45) is 0 Å². The fourth-order valence-electron chi connectivity index (χ4n) is 7.85. The third kappa shape index (κ3) is 19.7. The highest BCUT2D eigenvalue weighted by molar-refractivity contribution is 7.51. The fraction of sp³-hybridized carbons (Fsp3) is 0.583. The van der Waals surface area contributed by atoms with E-state index >= 15 is 0 Å². The number of carbonyl (C=O) groups is 1. The Morgan fingerprint density at radius 2 is 1.35 bits per heavy atom. The number of nitrogens with zero attached hydrogens (tertiary/aromatic N) is 8. The summed E-state index contributed by atoms with van der Waals surface area (Å²) < 4.78 is 120. The van der Waals surface area contributed by atoms with Crippen molar-refractivity contribution < 1.29 is 99.4 Å². The SMILES string of the molecule is O=C(CCOCCOCCOCCOCCn1cc(COCCOCCOCCOCCOc2ccc(C3CN(c4nc(Cl)nc5c4cnn5[C@@H]4O[C@H](COCP(=O)(O)O)[C@@H](O)[C@H]4O)C3)cc2Cl)nn1)Oc1c(F)cc(F)cc1F. The van der Waals surface area contributed by atoms with Gasteiger partial charge in [0.2, 0.25) is 11.0 Å². The van der Waals surface area contributed by atoms with Crippen LogP contribution >= 0.6 is 30.8 Å². The molecule has 4 atom stereocenters. The van der Waals surface area contributed by atoms with Gasteiger partial charge in [0.1, 0.15) is 54.3 Å². The molecule has 2 aliphatic heterocycles. The van der Waals surface area contributed by atoms with Gasteiger partial charge in [0.05, 0.1) is 148 Å². The van der Waals surface area contributed by atoms with E-state index in [4.69, 9.17) is 85.1 Å². The minimum Gasteiger partial charge on any atom is -0.490 e. The molecule has 0 unspecified atom stereocenters. The van der Waals surface area contributed by atoms with Crippen LogP contribution in [0.3, 0.4) is 0 Å². The minimum atomic E-state index is -4.44. The predicted octanol–water partition coefficient (Wildman–Crippen LogP) is 3.22. The van der Waals surface area contributed by atoms with Crippen LogP contribution in [0, 0.1) is 17.5 Å². The van der Waals surface area contributed by atoms with E-state index < -0.39 is 67.7 Å². The summed E-state index contributed by atoms with van der Waals surface area (Å²) in [6.45, 7) is 6.55. The normalized spacial score (nSPS) is 17.7. The Balaban J connectivity index is 0.636. The van der Waals surface area contributed by atoms with Gasteiger partial charge in [-0.2, -0.15) is 15.1 Å². The van der Waals surface area contributed by atoms with Crippen molar-refractivity contribution in [2.75, 3.05) is 137 Å². The average Bonchev–Trinajstić information content (AvgIpc) is 4.11. The van der Waals surface area contributed by atoms with E-state index in [0.29, 0.717) is 139 Å². The molecule has 442 valence electrons. The van der Waals surface area contributed by atoms with Gasteiger partial charge in [0, 0.05) is 31.1 Å². The molecule has 4 N–H and O–H groups in total. The number of carbonyl (C=O) groups excluding carboxylic acids is 1. The predicted molar refractivity (Wildman–Crippen MR) is 273 cm³/mol. The third-order valence-electron chi connectivity index (χ3n) is 11.8. The number of rotatable bonds is 38. The molecule has 0 aliphatic carbocycles. The summed E-state index contributed by atoms with van der Waals surface area (Å²) in [7, 11) is -4.44. The maximum Gasteiger partial charge on any atom is 0.350 e. The second-order valence-corrected chi connectivity index (χ2v) is 20.1. The Labute approximate surface area is 466 Å². The lowest BCUT2D eigenvalue weighted by Crippen LogP contribution is -2.45. The number of benzene rings is 2. The molecule has 0 amide bonds. The summed E-state index contributed by atoms with van der Waals surface area (Å²) in [5.41, 5.74) is 1.92. The van der Waals surface area contributed by atoms with E-state index in [1.165, 1.54) is 10.9 Å². The minimum absolute atomic E-state index is 0.0585. The Morgan fingerprint density at radius 1 is 0.750 bits per heavy atom. The highest BCUT2D eigenvalue weighted by Crippen LogP contribution is 2.40. The molecule has 32 heteroatoms. The molecule has 2 aliphatic rings. The molecule has 26 nitrogen and oxygen atoms in total. The van der Waals surface area contributed by atoms with Gasteiger partial charge in [-0.25, -0.2) is 22.5 Å². The van der Waals surface area contributed by atoms with Crippen molar-refractivity contribution in [3.63, 3.8) is 0 Å². The average molecular weight is 1200 g/mol. The van der Waals surface area contributed by atoms with E-state index in [2.05, 4.69) is 30.1 Å². The maximum atomic E-state index is 13.6. The second kappa shape index (κ2) is 32.2. The van der Waals surface area contributed by atoms with Crippen molar-refractivity contribution in [1.82, 2.24) is 34.7 Å². The molecule has 3 aromatic heterocycles. The number of anilines is 1. The van der Waals surface area contributed by atoms with Crippen molar-refractivity contribution in [1.29, 1.82) is 0 Å². The molecular weight excluding hydrogens is 1140 g/mol. The van der Waals surface area contributed by atoms with E-state index in [9.17, 15) is 32.7 Å². The van der Waals surface area contributed by atoms with Crippen molar-refractivity contribution in [2.45, 2.75) is 50.0 Å². The smallest absolute Gasteiger partial charge is 0.350 e. The number of halogens is 5. The Hall–Kier alpha value is -4.76. The van der Waals surface area contributed by atoms with Gasteiger partial charge < -0.3 is 81.7 Å². The zero-order valence-electron chi connectivity index (χ0n) is 43.1. The van der Waals surface area contributed by atoms with Gasteiger partial charge in [-0.1, -0.05) is 22.9 Å². The molecule has 0 bridgehead atoms. The van der Waals surface area contributed by atoms with Crippen molar-refractivity contribution >= 4 is 53.6 Å². The van der Waals surface area contributed by atoms with Crippen LogP contribution in [-0.2, 0) is 69.9 Å². The van der Waals surface area contributed by atoms with Gasteiger partial charge >= 0.3 is 13.6 Å². The second-order valence-electron chi connectivity index (χ2n) is 17.7. The zero-order chi connectivity index (χ0) is 56.9. The maximum absolute atomic E-state index is 13.6. The van der Waals surface area contributed by atoms with Crippen LogP contribution in [0.25, 0.3) is 11.0 Å². The molecule has 0 saturated carbocycles. The molecule has 80 heavy (non-hydrogen) atoms. The van der Waals surface area contributed by atoms with Crippen LogP contribution in [0.4, 0.5) is 19.0 Å². The first-order valence-electron chi connectivity index (χ1n) is 25.2. The van der Waals surface area contributed by atoms with E-state index in [-0.39, 0.29) is 62.9 Å². The van der Waals surface area contributed by atoms with Crippen LogP contribution in [0.15, 0.2) is 42.7 Å². The first kappa shape index (κ1) is 62.8. The van der Waals surface area contributed by atoms with Crippen molar-refractivity contribution in [3.8, 4) is 11.5 Å². The quantitative estimate of drug-likeness (QED) is 0.0145. The van der Waals surface area contributed by atoms with Crippen LogP contribution < -0.4 is 14.4 Å². The molecule has 2 saturated heterocycles. The van der Waals surface area contributed by atoms with Crippen LogP contribution in [-0.4, -0.2) is 211 Å². The molecule has 5 aromatic rings. The van der Waals surface area contributed by atoms with Gasteiger partial charge in [0.25, 0.3) is 0 Å². The van der Waals surface area contributed by atoms with Crippen LogP contribution in [0.2, 0.25) is 10.3 Å². The molecule has 7 rings (SSSR count). The summed E-state index contributed by atoms with van der Waals surface area (Å²) in [5, 5.41) is 34.7. The third-order valence-corrected chi connectivity index (χ3v) is 12.8. The van der Waals surface area contributed by atoms with Crippen molar-refractivity contribution in [3.05, 3.63) is 81.7 Å². The topological polar surface area (TPSA) is 303 Å². The van der Waals surface area contributed by atoms with E-state index in [0.717, 1.165) is 5.56 Å². The Bertz CT molecular complexity index is 2740. The van der Waals surface area contributed by atoms with Crippen LogP contribution in [0.1, 0.15) is 29.8 Å². The summed E-state index contributed by atoms with van der Waals surface area (Å²) in [4.78, 5) is 40.6. The van der Waals surface area contributed by atoms with Gasteiger partial charge in [0.15, 0.2) is 23.5 Å². The summed E-state index contributed by atoms with van der Waals surface area (Å²) in [5.74, 6) is -4.49. The van der Waals surface area contributed by atoms with Gasteiger partial charge in [-0.05, 0) is 29.3 Å². The molecule has 5 heterocycles. The summed E-state index contributed by atoms with van der Waals surface area (Å²) in [6.07, 6.45) is -3.01. The highest BCUT2D eigenvalue weighted by atomic mass is 35.5. The van der Waals surface area contributed by atoms with Gasteiger partial charge in [-0.3, -0.25) is 9.36 Å². The number of aliphatic hydroxyl groups is 2. The number of ether oxygens (including phenoxy) is 12. The summed E-state index contributed by atoms with van der Waals surface area (Å²) >= 11 is 12.9. The highest BCUT2D eigenvalue weighted by Gasteiger charge is 2.45. The number of hydrogen-bond donors (Lipinski definition) is 4. The monoisotopic (exact) mass is 1200 g/mol. The van der Waals surface area contributed by atoms with Gasteiger partial charge in [-0.15, -0.1) is 5.10 Å².